The average Bonchev–Trinajstić information content (AvgIpc) is 2.77. The minimum absolute atomic E-state index is 0.0884. The Morgan fingerprint density at radius 3 is 2.55 bits per heavy atom. The summed E-state index contributed by atoms with van der Waals surface area (Å²) in [5, 5.41) is 8.86. The zero-order valence-corrected chi connectivity index (χ0v) is 11.9. The molecule has 2 aromatic rings. The number of pyridine rings is 1. The van der Waals surface area contributed by atoms with Crippen LogP contribution in [0.5, 0.6) is 0 Å². The number of nitrogens with two attached hydrogens (primary N) is 1. The molecule has 1 saturated heterocycles. The second-order valence-electron chi connectivity index (χ2n) is 5.83. The molecule has 0 saturated carbocycles. The van der Waals surface area contributed by atoms with Gasteiger partial charge in [-0.1, -0.05) is 32.0 Å². The van der Waals surface area contributed by atoms with E-state index in [1.165, 1.54) is 0 Å². The summed E-state index contributed by atoms with van der Waals surface area (Å²) in [6.07, 6.45) is 0. The first-order valence-electron chi connectivity index (χ1n) is 7.05. The standard InChI is InChI=1S/C16H20N4/c1-10-8-20(9-11(10)2)16-13(15(17)18)7-12-5-3-4-6-14(12)19-16/h3-7,10-11H,8-9H2,1-2H3,(H3,17,18). The molecule has 1 aliphatic heterocycles. The number of anilines is 1. The second-order valence-corrected chi connectivity index (χ2v) is 5.83. The maximum Gasteiger partial charge on any atom is 0.140 e. The van der Waals surface area contributed by atoms with Crippen molar-refractivity contribution in [2.24, 2.45) is 17.6 Å². The third kappa shape index (κ3) is 2.11. The monoisotopic (exact) mass is 268 g/mol. The summed E-state index contributed by atoms with van der Waals surface area (Å²) in [7, 11) is 0. The number of hydrogen-bond donors (Lipinski definition) is 2. The molecule has 0 radical (unpaired) electrons. The topological polar surface area (TPSA) is 66.0 Å². The molecule has 0 amide bonds. The van der Waals surface area contributed by atoms with Crippen molar-refractivity contribution in [3.05, 3.63) is 35.9 Å². The smallest absolute Gasteiger partial charge is 0.140 e. The van der Waals surface area contributed by atoms with E-state index >= 15 is 0 Å². The zero-order valence-electron chi connectivity index (χ0n) is 11.9. The fraction of sp³-hybridized carbons (Fsp3) is 0.375. The van der Waals surface area contributed by atoms with E-state index in [0.29, 0.717) is 11.8 Å². The van der Waals surface area contributed by atoms with Crippen LogP contribution in [0.15, 0.2) is 30.3 Å². The van der Waals surface area contributed by atoms with E-state index in [1.807, 2.05) is 30.3 Å². The van der Waals surface area contributed by atoms with Gasteiger partial charge in [-0.15, -0.1) is 0 Å². The first-order chi connectivity index (χ1) is 9.56. The van der Waals surface area contributed by atoms with Crippen LogP contribution in [0.4, 0.5) is 5.82 Å². The first-order valence-corrected chi connectivity index (χ1v) is 7.05. The molecule has 1 aliphatic rings. The number of rotatable bonds is 2. The number of hydrogen-bond acceptors (Lipinski definition) is 3. The van der Waals surface area contributed by atoms with Crippen molar-refractivity contribution < 1.29 is 0 Å². The molecule has 3 N–H and O–H groups in total. The van der Waals surface area contributed by atoms with Crippen LogP contribution in [0.2, 0.25) is 0 Å². The van der Waals surface area contributed by atoms with Crippen LogP contribution in [-0.4, -0.2) is 23.9 Å². The van der Waals surface area contributed by atoms with Crippen LogP contribution in [0, 0.1) is 17.2 Å². The average molecular weight is 268 g/mol. The van der Waals surface area contributed by atoms with Gasteiger partial charge in [0.15, 0.2) is 0 Å². The maximum absolute atomic E-state index is 7.83. The molecule has 0 spiro atoms. The van der Waals surface area contributed by atoms with Gasteiger partial charge in [-0.3, -0.25) is 5.41 Å². The molecule has 4 nitrogen and oxygen atoms in total. The number of para-hydroxylation sites is 1. The Labute approximate surface area is 119 Å². The Bertz CT molecular complexity index is 655. The van der Waals surface area contributed by atoms with E-state index in [4.69, 9.17) is 16.1 Å². The zero-order chi connectivity index (χ0) is 14.3. The number of nitrogens with one attached hydrogen (secondary N) is 1. The molecular weight excluding hydrogens is 248 g/mol. The van der Waals surface area contributed by atoms with E-state index in [9.17, 15) is 0 Å². The largest absolute Gasteiger partial charge is 0.384 e. The predicted octanol–water partition coefficient (Wildman–Crippen LogP) is 2.61. The summed E-state index contributed by atoms with van der Waals surface area (Å²) in [6.45, 7) is 6.48. The van der Waals surface area contributed by atoms with Crippen LogP contribution >= 0.6 is 0 Å². The van der Waals surface area contributed by atoms with E-state index in [-0.39, 0.29) is 5.84 Å². The van der Waals surface area contributed by atoms with Gasteiger partial charge in [-0.05, 0) is 24.0 Å². The summed E-state index contributed by atoms with van der Waals surface area (Å²) in [5.74, 6) is 2.23. The molecule has 1 fully saturated rings. The van der Waals surface area contributed by atoms with Crippen LogP contribution < -0.4 is 10.6 Å². The highest BCUT2D eigenvalue weighted by molar-refractivity contribution is 6.03. The maximum atomic E-state index is 7.83. The number of benzene rings is 1. The highest BCUT2D eigenvalue weighted by Gasteiger charge is 2.28. The van der Waals surface area contributed by atoms with Crippen molar-refractivity contribution in [2.75, 3.05) is 18.0 Å². The lowest BCUT2D eigenvalue weighted by Crippen LogP contribution is -2.25. The van der Waals surface area contributed by atoms with Gasteiger partial charge in [-0.25, -0.2) is 4.98 Å². The van der Waals surface area contributed by atoms with Crippen LogP contribution in [-0.2, 0) is 0 Å². The van der Waals surface area contributed by atoms with Crippen LogP contribution in [0.1, 0.15) is 19.4 Å². The van der Waals surface area contributed by atoms with Gasteiger partial charge < -0.3 is 10.6 Å². The summed E-state index contributed by atoms with van der Waals surface area (Å²) < 4.78 is 0. The molecule has 2 atom stereocenters. The van der Waals surface area contributed by atoms with Crippen LogP contribution in [0.25, 0.3) is 10.9 Å². The van der Waals surface area contributed by atoms with E-state index in [2.05, 4.69) is 18.7 Å². The predicted molar refractivity (Wildman–Crippen MR) is 83.3 cm³/mol. The number of fused-ring (bicyclic) bond motifs is 1. The Balaban J connectivity index is 2.13. The summed E-state index contributed by atoms with van der Waals surface area (Å²) in [4.78, 5) is 7.01. The van der Waals surface area contributed by atoms with Gasteiger partial charge in [0.05, 0.1) is 11.1 Å². The number of aromatic nitrogens is 1. The van der Waals surface area contributed by atoms with Gasteiger partial charge in [-0.2, -0.15) is 0 Å². The minimum atomic E-state index is 0.0884. The molecule has 104 valence electrons. The minimum Gasteiger partial charge on any atom is -0.384 e. The molecule has 20 heavy (non-hydrogen) atoms. The molecule has 0 bridgehead atoms. The fourth-order valence-corrected chi connectivity index (χ4v) is 2.85. The molecular formula is C16H20N4. The Hall–Kier alpha value is -2.10. The first kappa shape index (κ1) is 12.9. The fourth-order valence-electron chi connectivity index (χ4n) is 2.85. The van der Waals surface area contributed by atoms with E-state index in [0.717, 1.165) is 35.4 Å². The van der Waals surface area contributed by atoms with Crippen LogP contribution in [0.3, 0.4) is 0 Å². The van der Waals surface area contributed by atoms with Crippen molar-refractivity contribution in [3.8, 4) is 0 Å². The van der Waals surface area contributed by atoms with Crippen molar-refractivity contribution in [2.45, 2.75) is 13.8 Å². The molecule has 1 aromatic heterocycles. The number of nitrogen functional groups attached to an aromatic ring is 1. The van der Waals surface area contributed by atoms with E-state index < -0.39 is 0 Å². The third-order valence-electron chi connectivity index (χ3n) is 4.28. The van der Waals surface area contributed by atoms with Gasteiger partial charge in [0.25, 0.3) is 0 Å². The van der Waals surface area contributed by atoms with Gasteiger partial charge in [0.1, 0.15) is 11.7 Å². The Kier molecular flexibility index (Phi) is 3.08. The van der Waals surface area contributed by atoms with Gasteiger partial charge in [0, 0.05) is 18.5 Å². The SMILES string of the molecule is CC1CN(c2nc3ccccc3cc2C(=N)N)CC1C. The number of nitrogens with zero attached hydrogens (tertiary/aromatic N) is 2. The van der Waals surface area contributed by atoms with Gasteiger partial charge >= 0.3 is 0 Å². The lowest BCUT2D eigenvalue weighted by Gasteiger charge is -2.21. The molecule has 2 unspecified atom stereocenters. The molecule has 1 aromatic carbocycles. The summed E-state index contributed by atoms with van der Waals surface area (Å²) in [5.41, 5.74) is 7.46. The molecule has 2 heterocycles. The third-order valence-corrected chi connectivity index (χ3v) is 4.28. The van der Waals surface area contributed by atoms with Crippen molar-refractivity contribution in [1.29, 1.82) is 5.41 Å². The highest BCUT2D eigenvalue weighted by atomic mass is 15.2. The van der Waals surface area contributed by atoms with E-state index in [1.54, 1.807) is 0 Å². The second kappa shape index (κ2) is 4.78. The van der Waals surface area contributed by atoms with Gasteiger partial charge in [0.2, 0.25) is 0 Å². The lowest BCUT2D eigenvalue weighted by atomic mass is 10.0. The Morgan fingerprint density at radius 1 is 1.25 bits per heavy atom. The summed E-state index contributed by atoms with van der Waals surface area (Å²) in [6, 6.07) is 9.96. The Morgan fingerprint density at radius 2 is 1.90 bits per heavy atom. The van der Waals surface area contributed by atoms with Crippen molar-refractivity contribution >= 4 is 22.6 Å². The quantitative estimate of drug-likeness (QED) is 0.650. The van der Waals surface area contributed by atoms with Crippen molar-refractivity contribution in [3.63, 3.8) is 0 Å². The van der Waals surface area contributed by atoms with Crippen molar-refractivity contribution in [1.82, 2.24) is 4.98 Å². The number of amidine groups is 1. The highest BCUT2D eigenvalue weighted by Crippen LogP contribution is 2.30. The lowest BCUT2D eigenvalue weighted by molar-refractivity contribution is 0.494. The molecule has 0 aliphatic carbocycles. The molecule has 4 heteroatoms. The summed E-state index contributed by atoms with van der Waals surface area (Å²) >= 11 is 0. The normalized spacial score (nSPS) is 22.4. The molecule has 3 rings (SSSR count).